The monoisotopic (exact) mass is 160 g/mol. The van der Waals surface area contributed by atoms with E-state index in [2.05, 4.69) is 34.8 Å². The van der Waals surface area contributed by atoms with E-state index >= 15 is 0 Å². The third-order valence-electron chi connectivity index (χ3n) is 2.18. The highest BCUT2D eigenvalue weighted by Gasteiger charge is 2.15. The van der Waals surface area contributed by atoms with Gasteiger partial charge < -0.3 is 5.43 Å². The Morgan fingerprint density at radius 3 is 2.25 bits per heavy atom. The molecule has 1 aromatic rings. The highest BCUT2D eigenvalue weighted by atomic mass is 15.3. The third-order valence-corrected chi connectivity index (χ3v) is 2.18. The van der Waals surface area contributed by atoms with Crippen molar-refractivity contribution >= 4 is 5.71 Å². The van der Waals surface area contributed by atoms with Crippen LogP contribution in [0.25, 0.3) is 0 Å². The summed E-state index contributed by atoms with van der Waals surface area (Å²) < 4.78 is 0. The van der Waals surface area contributed by atoms with E-state index in [1.165, 1.54) is 16.8 Å². The molecule has 2 heteroatoms. The molecule has 0 aromatic heterocycles. The predicted molar refractivity (Wildman–Crippen MR) is 50.3 cm³/mol. The van der Waals surface area contributed by atoms with Gasteiger partial charge in [-0.1, -0.05) is 24.3 Å². The number of nitrogens with zero attached hydrogens (tertiary/aromatic N) is 1. The van der Waals surface area contributed by atoms with Gasteiger partial charge in [-0.05, 0) is 11.1 Å². The van der Waals surface area contributed by atoms with Crippen LogP contribution in [0.5, 0.6) is 0 Å². The number of benzene rings is 1. The van der Waals surface area contributed by atoms with Gasteiger partial charge in [0.05, 0.1) is 0 Å². The Kier molecular flexibility index (Phi) is 1.82. The summed E-state index contributed by atoms with van der Waals surface area (Å²) in [4.78, 5) is 0. The second-order valence-corrected chi connectivity index (χ2v) is 3.02. The van der Waals surface area contributed by atoms with Crippen LogP contribution in [-0.4, -0.2) is 12.8 Å². The molecule has 62 valence electrons. The minimum atomic E-state index is 1.01. The summed E-state index contributed by atoms with van der Waals surface area (Å²) in [6.07, 6.45) is 2.02. The topological polar surface area (TPSA) is 24.4 Å². The van der Waals surface area contributed by atoms with Gasteiger partial charge in [0, 0.05) is 25.6 Å². The first-order valence-electron chi connectivity index (χ1n) is 4.19. The molecule has 0 atom stereocenters. The lowest BCUT2D eigenvalue weighted by Crippen LogP contribution is -2.04. The van der Waals surface area contributed by atoms with E-state index in [1.54, 1.807) is 0 Å². The highest BCUT2D eigenvalue weighted by molar-refractivity contribution is 5.92. The maximum atomic E-state index is 4.20. The van der Waals surface area contributed by atoms with E-state index in [4.69, 9.17) is 0 Å². The fourth-order valence-corrected chi connectivity index (χ4v) is 1.64. The van der Waals surface area contributed by atoms with Crippen molar-refractivity contribution in [1.29, 1.82) is 0 Å². The number of fused-ring (bicyclic) bond motifs is 1. The third kappa shape index (κ3) is 1.20. The number of hydrogen-bond donors (Lipinski definition) is 1. The molecule has 1 aliphatic carbocycles. The molecule has 1 aromatic carbocycles. The first-order chi connectivity index (χ1) is 5.90. The van der Waals surface area contributed by atoms with Crippen LogP contribution in [0.4, 0.5) is 0 Å². The molecule has 0 saturated carbocycles. The Labute approximate surface area is 72.3 Å². The van der Waals surface area contributed by atoms with Gasteiger partial charge in [0.25, 0.3) is 0 Å². The maximum absolute atomic E-state index is 4.20. The van der Waals surface area contributed by atoms with Crippen molar-refractivity contribution in [3.8, 4) is 0 Å². The average molecular weight is 160 g/mol. The molecular formula is C10H12N2. The fraction of sp³-hybridized carbons (Fsp3) is 0.300. The lowest BCUT2D eigenvalue weighted by molar-refractivity contribution is 0.891. The minimum Gasteiger partial charge on any atom is -0.313 e. The average Bonchev–Trinajstić information content (AvgIpc) is 2.47. The number of hydrogen-bond acceptors (Lipinski definition) is 2. The highest BCUT2D eigenvalue weighted by Crippen LogP contribution is 2.18. The van der Waals surface area contributed by atoms with Crippen molar-refractivity contribution in [1.82, 2.24) is 5.43 Å². The van der Waals surface area contributed by atoms with E-state index in [9.17, 15) is 0 Å². The van der Waals surface area contributed by atoms with Crippen LogP contribution in [0.1, 0.15) is 11.1 Å². The Morgan fingerprint density at radius 1 is 1.17 bits per heavy atom. The van der Waals surface area contributed by atoms with Gasteiger partial charge in [0.1, 0.15) is 0 Å². The zero-order valence-electron chi connectivity index (χ0n) is 7.17. The van der Waals surface area contributed by atoms with E-state index in [-0.39, 0.29) is 0 Å². The summed E-state index contributed by atoms with van der Waals surface area (Å²) in [5.74, 6) is 0. The fourth-order valence-electron chi connectivity index (χ4n) is 1.64. The number of hydrazone groups is 1. The van der Waals surface area contributed by atoms with Gasteiger partial charge in [-0.25, -0.2) is 0 Å². The molecule has 1 N–H and O–H groups in total. The van der Waals surface area contributed by atoms with E-state index in [0.29, 0.717) is 0 Å². The quantitative estimate of drug-likeness (QED) is 0.616. The second kappa shape index (κ2) is 2.97. The van der Waals surface area contributed by atoms with Crippen LogP contribution in [-0.2, 0) is 12.8 Å². The van der Waals surface area contributed by atoms with Crippen molar-refractivity contribution in [3.63, 3.8) is 0 Å². The van der Waals surface area contributed by atoms with Gasteiger partial charge >= 0.3 is 0 Å². The van der Waals surface area contributed by atoms with Crippen molar-refractivity contribution in [2.75, 3.05) is 7.05 Å². The summed E-state index contributed by atoms with van der Waals surface area (Å²) in [6, 6.07) is 8.52. The second-order valence-electron chi connectivity index (χ2n) is 3.02. The Hall–Kier alpha value is -1.31. The van der Waals surface area contributed by atoms with Crippen LogP contribution < -0.4 is 5.43 Å². The van der Waals surface area contributed by atoms with Crippen molar-refractivity contribution in [3.05, 3.63) is 35.4 Å². The molecule has 0 bridgehead atoms. The van der Waals surface area contributed by atoms with Crippen molar-refractivity contribution in [2.45, 2.75) is 12.8 Å². The van der Waals surface area contributed by atoms with Crippen LogP contribution in [0.3, 0.4) is 0 Å². The Balaban J connectivity index is 2.27. The van der Waals surface area contributed by atoms with E-state index < -0.39 is 0 Å². The lowest BCUT2D eigenvalue weighted by atomic mass is 10.1. The molecule has 0 aliphatic heterocycles. The molecule has 0 spiro atoms. The number of nitrogens with one attached hydrogen (secondary N) is 1. The molecule has 0 unspecified atom stereocenters. The summed E-state index contributed by atoms with van der Waals surface area (Å²) in [5, 5.41) is 4.20. The minimum absolute atomic E-state index is 1.01. The van der Waals surface area contributed by atoms with Gasteiger partial charge in [-0.15, -0.1) is 0 Å². The molecule has 2 nitrogen and oxygen atoms in total. The van der Waals surface area contributed by atoms with Crippen LogP contribution in [0.2, 0.25) is 0 Å². The SMILES string of the molecule is CNN=C1Cc2ccccc2C1. The van der Waals surface area contributed by atoms with E-state index in [1.807, 2.05) is 7.05 Å². The van der Waals surface area contributed by atoms with E-state index in [0.717, 1.165) is 12.8 Å². The summed E-state index contributed by atoms with van der Waals surface area (Å²) in [6.45, 7) is 0. The Bertz CT molecular complexity index is 288. The van der Waals surface area contributed by atoms with Gasteiger partial charge in [0.2, 0.25) is 0 Å². The molecule has 0 saturated heterocycles. The zero-order chi connectivity index (χ0) is 8.39. The summed E-state index contributed by atoms with van der Waals surface area (Å²) >= 11 is 0. The Morgan fingerprint density at radius 2 is 1.75 bits per heavy atom. The standard InChI is InChI=1S/C10H12N2/c1-11-12-10-6-8-4-2-3-5-9(8)7-10/h2-5,11H,6-7H2,1H3. The normalized spacial score (nSPS) is 14.2. The number of rotatable bonds is 1. The van der Waals surface area contributed by atoms with Crippen LogP contribution in [0, 0.1) is 0 Å². The molecule has 1 aliphatic rings. The zero-order valence-corrected chi connectivity index (χ0v) is 7.17. The lowest BCUT2D eigenvalue weighted by Gasteiger charge is -1.92. The largest absolute Gasteiger partial charge is 0.313 e. The molecular weight excluding hydrogens is 148 g/mol. The van der Waals surface area contributed by atoms with Crippen LogP contribution >= 0.6 is 0 Å². The smallest absolute Gasteiger partial charge is 0.0465 e. The van der Waals surface area contributed by atoms with Gasteiger partial charge in [0.15, 0.2) is 0 Å². The van der Waals surface area contributed by atoms with Gasteiger partial charge in [-0.3, -0.25) is 0 Å². The summed E-state index contributed by atoms with van der Waals surface area (Å²) in [7, 11) is 1.84. The van der Waals surface area contributed by atoms with Crippen molar-refractivity contribution < 1.29 is 0 Å². The summed E-state index contributed by atoms with van der Waals surface area (Å²) in [5.41, 5.74) is 6.91. The van der Waals surface area contributed by atoms with Crippen LogP contribution in [0.15, 0.2) is 29.4 Å². The molecule has 12 heavy (non-hydrogen) atoms. The first kappa shape index (κ1) is 7.35. The predicted octanol–water partition coefficient (Wildman–Crippen LogP) is 1.36. The first-order valence-corrected chi connectivity index (χ1v) is 4.19. The molecule has 0 radical (unpaired) electrons. The molecule has 0 fully saturated rings. The van der Waals surface area contributed by atoms with Gasteiger partial charge in [-0.2, -0.15) is 5.10 Å². The van der Waals surface area contributed by atoms with Crippen molar-refractivity contribution in [2.24, 2.45) is 5.10 Å². The molecule has 2 rings (SSSR count). The maximum Gasteiger partial charge on any atom is 0.0465 e. The molecule has 0 heterocycles. The molecule has 0 amide bonds.